The van der Waals surface area contributed by atoms with Crippen LogP contribution in [0.25, 0.3) is 0 Å². The largest absolute Gasteiger partial charge is 0.418 e. The number of anilines is 5. The highest BCUT2D eigenvalue weighted by molar-refractivity contribution is 9.10. The molecule has 0 bridgehead atoms. The summed E-state index contributed by atoms with van der Waals surface area (Å²) >= 11 is 3.34. The van der Waals surface area contributed by atoms with Crippen LogP contribution in [0.4, 0.5) is 41.9 Å². The van der Waals surface area contributed by atoms with Crippen LogP contribution in [0, 0.1) is 0 Å². The lowest BCUT2D eigenvalue weighted by Gasteiger charge is -2.16. The van der Waals surface area contributed by atoms with Crippen LogP contribution in [-0.2, 0) is 6.18 Å². The summed E-state index contributed by atoms with van der Waals surface area (Å²) in [6.45, 7) is 0. The number of nitrogen functional groups attached to an aromatic ring is 1. The molecule has 1 heterocycles. The van der Waals surface area contributed by atoms with E-state index in [0.717, 1.165) is 16.2 Å². The lowest BCUT2D eigenvalue weighted by atomic mass is 10.1. The van der Waals surface area contributed by atoms with Crippen molar-refractivity contribution >= 4 is 44.6 Å². The molecule has 3 rings (SSSR count). The molecule has 0 aliphatic carbocycles. The number of para-hydroxylation sites is 1. The molecule has 0 spiro atoms. The quantitative estimate of drug-likeness (QED) is 0.528. The normalized spacial score (nSPS) is 11.2. The number of hydrogen-bond donors (Lipinski definition) is 3. The molecule has 26 heavy (non-hydrogen) atoms. The zero-order valence-electron chi connectivity index (χ0n) is 13.2. The average molecular weight is 424 g/mol. The van der Waals surface area contributed by atoms with Crippen LogP contribution >= 0.6 is 15.9 Å². The van der Waals surface area contributed by atoms with E-state index in [0.29, 0.717) is 0 Å². The summed E-state index contributed by atoms with van der Waals surface area (Å²) in [6, 6.07) is 12.4. The van der Waals surface area contributed by atoms with Crippen molar-refractivity contribution in [3.63, 3.8) is 0 Å². The molecule has 0 unspecified atom stereocenters. The van der Waals surface area contributed by atoms with Crippen LogP contribution < -0.4 is 16.4 Å². The molecular weight excluding hydrogens is 411 g/mol. The second-order valence-electron chi connectivity index (χ2n) is 5.28. The predicted molar refractivity (Wildman–Crippen MR) is 98.6 cm³/mol. The number of hydrogen-bond acceptors (Lipinski definition) is 5. The van der Waals surface area contributed by atoms with Gasteiger partial charge in [-0.25, -0.2) is 9.97 Å². The average Bonchev–Trinajstić information content (AvgIpc) is 2.60. The molecule has 0 aliphatic heterocycles. The van der Waals surface area contributed by atoms with Gasteiger partial charge in [0.2, 0.25) is 0 Å². The molecule has 0 atom stereocenters. The molecule has 0 radical (unpaired) electrons. The third kappa shape index (κ3) is 4.05. The molecule has 134 valence electrons. The van der Waals surface area contributed by atoms with Crippen LogP contribution in [0.1, 0.15) is 5.56 Å². The Morgan fingerprint density at radius 3 is 2.15 bits per heavy atom. The first-order chi connectivity index (χ1) is 12.3. The lowest BCUT2D eigenvalue weighted by molar-refractivity contribution is -0.136. The number of nitrogens with two attached hydrogens (primary N) is 1. The van der Waals surface area contributed by atoms with Crippen molar-refractivity contribution in [3.8, 4) is 0 Å². The van der Waals surface area contributed by atoms with Crippen molar-refractivity contribution in [1.82, 2.24) is 9.97 Å². The minimum Gasteiger partial charge on any atom is -0.393 e. The molecule has 9 heteroatoms. The van der Waals surface area contributed by atoms with Gasteiger partial charge in [0.15, 0.2) is 11.6 Å². The van der Waals surface area contributed by atoms with E-state index in [9.17, 15) is 13.2 Å². The van der Waals surface area contributed by atoms with Crippen LogP contribution in [0.3, 0.4) is 0 Å². The first-order valence-corrected chi connectivity index (χ1v) is 8.20. The topological polar surface area (TPSA) is 75.9 Å². The van der Waals surface area contributed by atoms with Gasteiger partial charge in [0.25, 0.3) is 0 Å². The molecule has 0 saturated heterocycles. The minimum absolute atomic E-state index is 0.0799. The maximum Gasteiger partial charge on any atom is 0.418 e. The summed E-state index contributed by atoms with van der Waals surface area (Å²) in [6.07, 6.45) is -3.28. The van der Waals surface area contributed by atoms with Crippen LogP contribution in [0.2, 0.25) is 0 Å². The molecule has 5 nitrogen and oxygen atoms in total. The fourth-order valence-electron chi connectivity index (χ4n) is 2.23. The zero-order valence-corrected chi connectivity index (χ0v) is 14.8. The van der Waals surface area contributed by atoms with Crippen LogP contribution in [-0.4, -0.2) is 9.97 Å². The van der Waals surface area contributed by atoms with Crippen LogP contribution in [0.5, 0.6) is 0 Å². The van der Waals surface area contributed by atoms with E-state index in [1.165, 1.54) is 24.5 Å². The zero-order chi connectivity index (χ0) is 18.7. The molecular formula is C17H13BrF3N5. The maximum absolute atomic E-state index is 13.1. The van der Waals surface area contributed by atoms with Gasteiger partial charge in [0.1, 0.15) is 12.0 Å². The van der Waals surface area contributed by atoms with Gasteiger partial charge in [-0.1, -0.05) is 28.1 Å². The number of benzene rings is 2. The molecule has 2 aromatic carbocycles. The van der Waals surface area contributed by atoms with E-state index in [2.05, 4.69) is 36.5 Å². The van der Waals surface area contributed by atoms with E-state index in [-0.39, 0.29) is 23.0 Å². The van der Waals surface area contributed by atoms with E-state index in [1.54, 1.807) is 12.1 Å². The van der Waals surface area contributed by atoms with Gasteiger partial charge in [0, 0.05) is 10.2 Å². The fraction of sp³-hybridized carbons (Fsp3) is 0.0588. The molecule has 0 amide bonds. The third-order valence-corrected chi connectivity index (χ3v) is 4.01. The highest BCUT2D eigenvalue weighted by Gasteiger charge is 2.33. The molecule has 0 saturated carbocycles. The maximum atomic E-state index is 13.1. The fourth-order valence-corrected chi connectivity index (χ4v) is 2.50. The van der Waals surface area contributed by atoms with Crippen molar-refractivity contribution < 1.29 is 13.2 Å². The summed E-state index contributed by atoms with van der Waals surface area (Å²) in [5.41, 5.74) is 5.91. The summed E-state index contributed by atoms with van der Waals surface area (Å²) in [5.74, 6) is 0.366. The number of nitrogens with one attached hydrogen (secondary N) is 2. The van der Waals surface area contributed by atoms with Crippen molar-refractivity contribution in [2.75, 3.05) is 16.4 Å². The Hall–Kier alpha value is -2.81. The van der Waals surface area contributed by atoms with Gasteiger partial charge in [0.05, 0.1) is 11.3 Å². The minimum atomic E-state index is -4.50. The monoisotopic (exact) mass is 423 g/mol. The Morgan fingerprint density at radius 1 is 0.885 bits per heavy atom. The Morgan fingerprint density at radius 2 is 1.50 bits per heavy atom. The highest BCUT2D eigenvalue weighted by Crippen LogP contribution is 2.37. The number of aromatic nitrogens is 2. The third-order valence-electron chi connectivity index (χ3n) is 3.48. The number of alkyl halides is 3. The number of nitrogens with zero attached hydrogens (tertiary/aromatic N) is 2. The van der Waals surface area contributed by atoms with Gasteiger partial charge in [-0.2, -0.15) is 13.2 Å². The smallest absolute Gasteiger partial charge is 0.393 e. The number of halogens is 4. The van der Waals surface area contributed by atoms with Gasteiger partial charge in [-0.05, 0) is 36.4 Å². The van der Waals surface area contributed by atoms with E-state index in [4.69, 9.17) is 5.73 Å². The Balaban J connectivity index is 1.90. The second-order valence-corrected chi connectivity index (χ2v) is 6.20. The molecule has 1 aromatic heterocycles. The van der Waals surface area contributed by atoms with Crippen molar-refractivity contribution in [2.45, 2.75) is 6.18 Å². The lowest BCUT2D eigenvalue weighted by Crippen LogP contribution is -2.10. The van der Waals surface area contributed by atoms with Crippen molar-refractivity contribution in [1.29, 1.82) is 0 Å². The number of rotatable bonds is 4. The SMILES string of the molecule is Nc1c(Nc2ccc(Br)cc2)ncnc1Nc1ccccc1C(F)(F)F. The predicted octanol–water partition coefficient (Wildman–Crippen LogP) is 5.33. The van der Waals surface area contributed by atoms with Gasteiger partial charge < -0.3 is 16.4 Å². The Kier molecular flexibility index (Phi) is 4.99. The summed E-state index contributed by atoms with van der Waals surface area (Å²) < 4.78 is 40.3. The summed E-state index contributed by atoms with van der Waals surface area (Å²) in [4.78, 5) is 8.00. The molecule has 3 aromatic rings. The van der Waals surface area contributed by atoms with Crippen LogP contribution in [0.15, 0.2) is 59.3 Å². The molecule has 0 aliphatic rings. The highest BCUT2D eigenvalue weighted by atomic mass is 79.9. The van der Waals surface area contributed by atoms with Gasteiger partial charge in [-0.15, -0.1) is 0 Å². The first kappa shape index (κ1) is 18.0. The summed E-state index contributed by atoms with van der Waals surface area (Å²) in [5, 5.41) is 5.65. The van der Waals surface area contributed by atoms with E-state index >= 15 is 0 Å². The van der Waals surface area contributed by atoms with Crippen molar-refractivity contribution in [3.05, 3.63) is 64.9 Å². The van der Waals surface area contributed by atoms with Gasteiger partial charge >= 0.3 is 6.18 Å². The first-order valence-electron chi connectivity index (χ1n) is 7.41. The standard InChI is InChI=1S/C17H13BrF3N5/c18-10-5-7-11(8-6-10)25-15-14(22)16(24-9-23-15)26-13-4-2-1-3-12(13)17(19,20)21/h1-9H,22H2,(H2,23,24,25,26). The molecule has 0 fully saturated rings. The van der Waals surface area contributed by atoms with Gasteiger partial charge in [-0.3, -0.25) is 0 Å². The van der Waals surface area contributed by atoms with E-state index < -0.39 is 11.7 Å². The Bertz CT molecular complexity index is 913. The van der Waals surface area contributed by atoms with Crippen molar-refractivity contribution in [2.24, 2.45) is 0 Å². The Labute approximate surface area is 155 Å². The summed E-state index contributed by atoms with van der Waals surface area (Å²) in [7, 11) is 0. The second kappa shape index (κ2) is 7.20. The molecule has 4 N–H and O–H groups in total. The van der Waals surface area contributed by atoms with E-state index in [1.807, 2.05) is 12.1 Å².